The average molecular weight is 326 g/mol. The number of ether oxygens (including phenoxy) is 2. The number of nitrogens with one attached hydrogen (secondary N) is 1. The van der Waals surface area contributed by atoms with Gasteiger partial charge in [0.25, 0.3) is 0 Å². The van der Waals surface area contributed by atoms with Crippen LogP contribution in [0.1, 0.15) is 11.4 Å². The van der Waals surface area contributed by atoms with Gasteiger partial charge in [0, 0.05) is 11.1 Å². The van der Waals surface area contributed by atoms with Crippen LogP contribution in [0.5, 0.6) is 11.5 Å². The average Bonchev–Trinajstić information content (AvgIpc) is 2.79. The fourth-order valence-corrected chi connectivity index (χ4v) is 2.55. The highest BCUT2D eigenvalue weighted by Crippen LogP contribution is 2.39. The first-order valence-electron chi connectivity index (χ1n) is 5.78. The summed E-state index contributed by atoms with van der Waals surface area (Å²) in [5.74, 6) is 2.25. The molecule has 0 saturated heterocycles. The van der Waals surface area contributed by atoms with Crippen molar-refractivity contribution < 1.29 is 9.47 Å². The Labute approximate surface area is 120 Å². The molecule has 3 N–H and O–H groups in total. The molecule has 0 saturated carbocycles. The summed E-state index contributed by atoms with van der Waals surface area (Å²) in [6.45, 7) is 2.31. The highest BCUT2D eigenvalue weighted by Gasteiger charge is 2.17. The van der Waals surface area contributed by atoms with E-state index in [2.05, 4.69) is 25.9 Å². The molecule has 0 aliphatic heterocycles. The van der Waals surface area contributed by atoms with E-state index >= 15 is 0 Å². The summed E-state index contributed by atoms with van der Waals surface area (Å²) < 4.78 is 11.6. The Hall–Kier alpha value is -1.53. The van der Waals surface area contributed by atoms with Gasteiger partial charge in [0.2, 0.25) is 0 Å². The Bertz CT molecular complexity index is 596. The van der Waals surface area contributed by atoms with Crippen molar-refractivity contribution >= 4 is 15.9 Å². The summed E-state index contributed by atoms with van der Waals surface area (Å²) in [4.78, 5) is 7.54. The van der Waals surface area contributed by atoms with Gasteiger partial charge in [-0.25, -0.2) is 4.98 Å². The standard InChI is InChI=1S/C13H16BrN3O2/c1-7-9(18-2)5-4-8(12(7)19-3)11-13(14)17-10(6-15)16-11/h4-5H,6,15H2,1-3H3,(H,16,17). The summed E-state index contributed by atoms with van der Waals surface area (Å²) in [6.07, 6.45) is 0. The molecular weight excluding hydrogens is 310 g/mol. The lowest BCUT2D eigenvalue weighted by atomic mass is 10.1. The summed E-state index contributed by atoms with van der Waals surface area (Å²) in [5.41, 5.74) is 8.20. The van der Waals surface area contributed by atoms with Crippen molar-refractivity contribution in [1.82, 2.24) is 9.97 Å². The van der Waals surface area contributed by atoms with Crippen LogP contribution in [0.25, 0.3) is 11.3 Å². The maximum Gasteiger partial charge on any atom is 0.134 e. The highest BCUT2D eigenvalue weighted by atomic mass is 79.9. The van der Waals surface area contributed by atoms with E-state index in [1.807, 2.05) is 19.1 Å². The number of imidazole rings is 1. The quantitative estimate of drug-likeness (QED) is 0.906. The molecule has 0 spiro atoms. The predicted molar refractivity (Wildman–Crippen MR) is 77.5 cm³/mol. The van der Waals surface area contributed by atoms with Crippen LogP contribution in [0.2, 0.25) is 0 Å². The van der Waals surface area contributed by atoms with Crippen molar-refractivity contribution in [3.8, 4) is 22.8 Å². The monoisotopic (exact) mass is 325 g/mol. The van der Waals surface area contributed by atoms with Crippen molar-refractivity contribution in [2.24, 2.45) is 5.73 Å². The third-order valence-corrected chi connectivity index (χ3v) is 3.51. The minimum Gasteiger partial charge on any atom is -0.496 e. The van der Waals surface area contributed by atoms with Crippen LogP contribution in [0.4, 0.5) is 0 Å². The number of nitrogens with two attached hydrogens (primary N) is 1. The molecule has 2 rings (SSSR count). The first-order chi connectivity index (χ1) is 9.12. The van der Waals surface area contributed by atoms with Crippen molar-refractivity contribution in [3.05, 3.63) is 28.1 Å². The van der Waals surface area contributed by atoms with Crippen molar-refractivity contribution in [2.75, 3.05) is 14.2 Å². The van der Waals surface area contributed by atoms with Gasteiger partial charge in [-0.15, -0.1) is 0 Å². The summed E-state index contributed by atoms with van der Waals surface area (Å²) >= 11 is 3.46. The minimum atomic E-state index is 0.357. The number of rotatable bonds is 4. The van der Waals surface area contributed by atoms with Gasteiger partial charge in [-0.2, -0.15) is 0 Å². The van der Waals surface area contributed by atoms with Gasteiger partial charge in [0.15, 0.2) is 0 Å². The first-order valence-corrected chi connectivity index (χ1v) is 6.58. The molecule has 0 bridgehead atoms. The van der Waals surface area contributed by atoms with Gasteiger partial charge < -0.3 is 20.2 Å². The van der Waals surface area contributed by atoms with Crippen molar-refractivity contribution in [3.63, 3.8) is 0 Å². The number of hydrogen-bond acceptors (Lipinski definition) is 4. The molecule has 0 fully saturated rings. The molecule has 1 heterocycles. The summed E-state index contributed by atoms with van der Waals surface area (Å²) in [7, 11) is 3.27. The number of methoxy groups -OCH3 is 2. The van der Waals surface area contributed by atoms with E-state index < -0.39 is 0 Å². The maximum atomic E-state index is 5.59. The second-order valence-corrected chi connectivity index (χ2v) is 4.82. The van der Waals surface area contributed by atoms with E-state index in [0.29, 0.717) is 6.54 Å². The number of hydrogen-bond donors (Lipinski definition) is 2. The zero-order valence-electron chi connectivity index (χ0n) is 11.1. The molecule has 5 nitrogen and oxygen atoms in total. The first kappa shape index (κ1) is 13.9. The second-order valence-electron chi connectivity index (χ2n) is 4.02. The van der Waals surface area contributed by atoms with Crippen LogP contribution in [-0.2, 0) is 6.54 Å². The van der Waals surface area contributed by atoms with Gasteiger partial charge in [0.05, 0.1) is 20.8 Å². The molecule has 0 aliphatic carbocycles. The van der Waals surface area contributed by atoms with Crippen LogP contribution >= 0.6 is 15.9 Å². The molecular formula is C13H16BrN3O2. The zero-order valence-corrected chi connectivity index (χ0v) is 12.7. The Morgan fingerprint density at radius 1 is 1.32 bits per heavy atom. The number of H-pyrrole nitrogens is 1. The van der Waals surface area contributed by atoms with Gasteiger partial charge in [-0.3, -0.25) is 0 Å². The van der Waals surface area contributed by atoms with E-state index in [9.17, 15) is 0 Å². The lowest BCUT2D eigenvalue weighted by Crippen LogP contribution is -1.98. The van der Waals surface area contributed by atoms with Crippen molar-refractivity contribution in [2.45, 2.75) is 13.5 Å². The predicted octanol–water partition coefficient (Wildman–Crippen LogP) is 2.62. The van der Waals surface area contributed by atoms with Crippen LogP contribution < -0.4 is 15.2 Å². The van der Waals surface area contributed by atoms with Crippen LogP contribution in [0.15, 0.2) is 16.7 Å². The van der Waals surface area contributed by atoms with Gasteiger partial charge in [-0.1, -0.05) is 0 Å². The number of aromatic nitrogens is 2. The molecule has 0 amide bonds. The van der Waals surface area contributed by atoms with Crippen LogP contribution in [0.3, 0.4) is 0 Å². The zero-order chi connectivity index (χ0) is 14.0. The van der Waals surface area contributed by atoms with E-state index in [-0.39, 0.29) is 0 Å². The van der Waals surface area contributed by atoms with E-state index in [1.54, 1.807) is 14.2 Å². The number of aromatic amines is 1. The van der Waals surface area contributed by atoms with Gasteiger partial charge in [-0.05, 0) is 35.0 Å². The topological polar surface area (TPSA) is 73.2 Å². The molecule has 1 aromatic heterocycles. The Morgan fingerprint density at radius 2 is 2.05 bits per heavy atom. The SMILES string of the molecule is COc1ccc(-c2nc(CN)[nH]c2Br)c(OC)c1C. The van der Waals surface area contributed by atoms with E-state index in [1.165, 1.54) is 0 Å². The van der Waals surface area contributed by atoms with Crippen LogP contribution in [-0.4, -0.2) is 24.2 Å². The molecule has 19 heavy (non-hydrogen) atoms. The number of benzene rings is 1. The second kappa shape index (κ2) is 5.63. The van der Waals surface area contributed by atoms with Gasteiger partial charge >= 0.3 is 0 Å². The molecule has 1 aromatic carbocycles. The Morgan fingerprint density at radius 3 is 2.58 bits per heavy atom. The molecule has 0 aliphatic rings. The van der Waals surface area contributed by atoms with Crippen LogP contribution in [0, 0.1) is 6.92 Å². The van der Waals surface area contributed by atoms with E-state index in [4.69, 9.17) is 15.2 Å². The highest BCUT2D eigenvalue weighted by molar-refractivity contribution is 9.10. The molecule has 102 valence electrons. The van der Waals surface area contributed by atoms with Gasteiger partial charge in [0.1, 0.15) is 27.6 Å². The maximum absolute atomic E-state index is 5.59. The van der Waals surface area contributed by atoms with Crippen molar-refractivity contribution in [1.29, 1.82) is 0 Å². The largest absolute Gasteiger partial charge is 0.496 e. The molecule has 0 atom stereocenters. The molecule has 0 radical (unpaired) electrons. The van der Waals surface area contributed by atoms with E-state index in [0.717, 1.165) is 38.7 Å². The number of halogens is 1. The molecule has 2 aromatic rings. The third-order valence-electron chi connectivity index (χ3n) is 2.94. The Balaban J connectivity index is 2.61. The normalized spacial score (nSPS) is 10.6. The third kappa shape index (κ3) is 2.46. The molecule has 0 unspecified atom stereocenters. The fraction of sp³-hybridized carbons (Fsp3) is 0.308. The fourth-order valence-electron chi connectivity index (χ4n) is 2.02. The lowest BCUT2D eigenvalue weighted by molar-refractivity contribution is 0.390. The Kier molecular flexibility index (Phi) is 4.11. The summed E-state index contributed by atoms with van der Waals surface area (Å²) in [5, 5.41) is 0. The minimum absolute atomic E-state index is 0.357. The summed E-state index contributed by atoms with van der Waals surface area (Å²) in [6, 6.07) is 3.82. The number of nitrogens with zero attached hydrogens (tertiary/aromatic N) is 1. The smallest absolute Gasteiger partial charge is 0.134 e. The lowest BCUT2D eigenvalue weighted by Gasteiger charge is -2.13. The molecule has 6 heteroatoms.